The molecule has 0 spiro atoms. The highest BCUT2D eigenvalue weighted by molar-refractivity contribution is 5.65. The second kappa shape index (κ2) is 5.68. The Morgan fingerprint density at radius 1 is 1.57 bits per heavy atom. The molecular formula is C11H19NO2. The molecule has 1 aliphatic heterocycles. The zero-order chi connectivity index (χ0) is 10.4. The van der Waals surface area contributed by atoms with Gasteiger partial charge in [0.15, 0.2) is 0 Å². The van der Waals surface area contributed by atoms with Gasteiger partial charge in [0.05, 0.1) is 0 Å². The van der Waals surface area contributed by atoms with Crippen molar-refractivity contribution in [2.24, 2.45) is 0 Å². The molecule has 0 aromatic carbocycles. The Morgan fingerprint density at radius 2 is 2.36 bits per heavy atom. The molecule has 0 aliphatic carbocycles. The fourth-order valence-corrected chi connectivity index (χ4v) is 1.71. The van der Waals surface area contributed by atoms with Gasteiger partial charge in [-0.1, -0.05) is 31.4 Å². The van der Waals surface area contributed by atoms with Gasteiger partial charge in [-0.3, -0.25) is 0 Å². The minimum atomic E-state index is -0.797. The summed E-state index contributed by atoms with van der Waals surface area (Å²) in [5.74, 6) is 0. The Balaban J connectivity index is 2.26. The summed E-state index contributed by atoms with van der Waals surface area (Å²) in [7, 11) is 0. The number of nitrogens with zero attached hydrogens (tertiary/aromatic N) is 1. The van der Waals surface area contributed by atoms with Crippen LogP contribution in [-0.4, -0.2) is 29.2 Å². The lowest BCUT2D eigenvalue weighted by molar-refractivity contribution is 0.148. The fraction of sp³-hybridized carbons (Fsp3) is 0.727. The van der Waals surface area contributed by atoms with Gasteiger partial charge in [-0.2, -0.15) is 0 Å². The minimum absolute atomic E-state index is 0.580. The molecule has 3 nitrogen and oxygen atoms in total. The normalized spacial score (nSPS) is 16.6. The summed E-state index contributed by atoms with van der Waals surface area (Å²) in [6, 6.07) is 0. The summed E-state index contributed by atoms with van der Waals surface area (Å²) in [6.45, 7) is 3.45. The summed E-state index contributed by atoms with van der Waals surface area (Å²) in [6.07, 6.45) is 7.13. The van der Waals surface area contributed by atoms with Crippen molar-refractivity contribution in [1.29, 1.82) is 0 Å². The van der Waals surface area contributed by atoms with E-state index >= 15 is 0 Å². The molecule has 1 aliphatic rings. The topological polar surface area (TPSA) is 40.5 Å². The van der Waals surface area contributed by atoms with E-state index in [2.05, 4.69) is 13.0 Å². The molecule has 1 rings (SSSR count). The van der Waals surface area contributed by atoms with Crippen LogP contribution in [0, 0.1) is 0 Å². The van der Waals surface area contributed by atoms with Crippen LogP contribution in [0.2, 0.25) is 0 Å². The first kappa shape index (κ1) is 11.1. The first-order chi connectivity index (χ1) is 6.74. The molecule has 14 heavy (non-hydrogen) atoms. The van der Waals surface area contributed by atoms with Crippen molar-refractivity contribution in [2.75, 3.05) is 13.1 Å². The molecule has 1 heterocycles. The van der Waals surface area contributed by atoms with Crippen LogP contribution in [0.1, 0.15) is 39.0 Å². The van der Waals surface area contributed by atoms with Crippen LogP contribution in [0.25, 0.3) is 0 Å². The summed E-state index contributed by atoms with van der Waals surface area (Å²) in [5.41, 5.74) is 1.44. The van der Waals surface area contributed by atoms with Crippen LogP contribution in [0.15, 0.2) is 11.6 Å². The third kappa shape index (κ3) is 3.40. The number of unbranched alkanes of at least 4 members (excludes halogenated alkanes) is 2. The van der Waals surface area contributed by atoms with Gasteiger partial charge >= 0.3 is 6.09 Å². The largest absolute Gasteiger partial charge is 0.465 e. The van der Waals surface area contributed by atoms with Crippen molar-refractivity contribution < 1.29 is 9.90 Å². The Bertz CT molecular complexity index is 223. The van der Waals surface area contributed by atoms with Gasteiger partial charge in [0, 0.05) is 13.1 Å². The van der Waals surface area contributed by atoms with Crippen molar-refractivity contribution >= 4 is 6.09 Å². The number of hydrogen-bond acceptors (Lipinski definition) is 1. The number of amides is 1. The summed E-state index contributed by atoms with van der Waals surface area (Å²) in [5, 5.41) is 8.74. The highest BCUT2D eigenvalue weighted by Crippen LogP contribution is 2.17. The maximum atomic E-state index is 10.6. The Hall–Kier alpha value is -0.990. The van der Waals surface area contributed by atoms with Gasteiger partial charge in [-0.25, -0.2) is 4.79 Å². The lowest BCUT2D eigenvalue weighted by Gasteiger charge is -2.23. The smallest absolute Gasteiger partial charge is 0.407 e. The SMILES string of the molecule is CCCCCC1=CCN(C(=O)O)CC1. The van der Waals surface area contributed by atoms with Crippen molar-refractivity contribution in [3.63, 3.8) is 0 Å². The second-order valence-electron chi connectivity index (χ2n) is 3.80. The number of carbonyl (C=O) groups is 1. The predicted octanol–water partition coefficient (Wildman–Crippen LogP) is 2.88. The molecule has 1 amide bonds. The van der Waals surface area contributed by atoms with E-state index in [1.807, 2.05) is 0 Å². The molecule has 0 bridgehead atoms. The highest BCUT2D eigenvalue weighted by atomic mass is 16.4. The molecular weight excluding hydrogens is 178 g/mol. The van der Waals surface area contributed by atoms with Crippen LogP contribution in [-0.2, 0) is 0 Å². The zero-order valence-corrected chi connectivity index (χ0v) is 8.83. The maximum Gasteiger partial charge on any atom is 0.407 e. The van der Waals surface area contributed by atoms with Crippen molar-refractivity contribution in [2.45, 2.75) is 39.0 Å². The fourth-order valence-electron chi connectivity index (χ4n) is 1.71. The molecule has 0 radical (unpaired) electrons. The van der Waals surface area contributed by atoms with Crippen LogP contribution < -0.4 is 0 Å². The van der Waals surface area contributed by atoms with E-state index in [9.17, 15) is 4.79 Å². The quantitative estimate of drug-likeness (QED) is 0.556. The predicted molar refractivity (Wildman–Crippen MR) is 56.4 cm³/mol. The molecule has 0 atom stereocenters. The van der Waals surface area contributed by atoms with Crippen molar-refractivity contribution in [3.05, 3.63) is 11.6 Å². The first-order valence-electron chi connectivity index (χ1n) is 5.39. The van der Waals surface area contributed by atoms with Gasteiger partial charge in [0.25, 0.3) is 0 Å². The van der Waals surface area contributed by atoms with Gasteiger partial charge in [-0.05, 0) is 19.3 Å². The van der Waals surface area contributed by atoms with E-state index < -0.39 is 6.09 Å². The van der Waals surface area contributed by atoms with E-state index in [4.69, 9.17) is 5.11 Å². The van der Waals surface area contributed by atoms with Crippen LogP contribution in [0.4, 0.5) is 4.79 Å². The van der Waals surface area contributed by atoms with Crippen molar-refractivity contribution in [1.82, 2.24) is 4.90 Å². The maximum absolute atomic E-state index is 10.6. The zero-order valence-electron chi connectivity index (χ0n) is 8.83. The van der Waals surface area contributed by atoms with E-state index in [1.54, 1.807) is 0 Å². The molecule has 1 N–H and O–H groups in total. The molecule has 0 aromatic heterocycles. The summed E-state index contributed by atoms with van der Waals surface area (Å²) < 4.78 is 0. The number of carboxylic acid groups (broad SMARTS) is 1. The Labute approximate surface area is 85.4 Å². The molecule has 0 aromatic rings. The Morgan fingerprint density at radius 3 is 2.86 bits per heavy atom. The van der Waals surface area contributed by atoms with E-state index in [0.29, 0.717) is 13.1 Å². The molecule has 80 valence electrons. The molecule has 0 fully saturated rings. The van der Waals surface area contributed by atoms with Crippen LogP contribution in [0.3, 0.4) is 0 Å². The Kier molecular flexibility index (Phi) is 4.50. The lowest BCUT2D eigenvalue weighted by Crippen LogP contribution is -2.33. The van der Waals surface area contributed by atoms with Crippen LogP contribution >= 0.6 is 0 Å². The molecule has 0 saturated carbocycles. The third-order valence-corrected chi connectivity index (χ3v) is 2.68. The standard InChI is InChI=1S/C11H19NO2/c1-2-3-4-5-10-6-8-12(9-7-10)11(13)14/h6H,2-5,7-9H2,1H3,(H,13,14). The minimum Gasteiger partial charge on any atom is -0.465 e. The van der Waals surface area contributed by atoms with Gasteiger partial charge in [-0.15, -0.1) is 0 Å². The average Bonchev–Trinajstić information content (AvgIpc) is 2.19. The van der Waals surface area contributed by atoms with Gasteiger partial charge < -0.3 is 10.0 Å². The first-order valence-corrected chi connectivity index (χ1v) is 5.39. The third-order valence-electron chi connectivity index (χ3n) is 2.68. The monoisotopic (exact) mass is 197 g/mol. The van der Waals surface area contributed by atoms with E-state index in [0.717, 1.165) is 12.8 Å². The average molecular weight is 197 g/mol. The van der Waals surface area contributed by atoms with Crippen molar-refractivity contribution in [3.8, 4) is 0 Å². The second-order valence-corrected chi connectivity index (χ2v) is 3.80. The highest BCUT2D eigenvalue weighted by Gasteiger charge is 2.14. The van der Waals surface area contributed by atoms with Crippen LogP contribution in [0.5, 0.6) is 0 Å². The van der Waals surface area contributed by atoms with Gasteiger partial charge in [0.1, 0.15) is 0 Å². The van der Waals surface area contributed by atoms with Gasteiger partial charge in [0.2, 0.25) is 0 Å². The number of rotatable bonds is 4. The van der Waals surface area contributed by atoms with E-state index in [-0.39, 0.29) is 0 Å². The van der Waals surface area contributed by atoms with E-state index in [1.165, 1.54) is 29.7 Å². The molecule has 0 saturated heterocycles. The molecule has 3 heteroatoms. The summed E-state index contributed by atoms with van der Waals surface area (Å²) >= 11 is 0. The lowest BCUT2D eigenvalue weighted by atomic mass is 10.0. The number of hydrogen-bond donors (Lipinski definition) is 1. The summed E-state index contributed by atoms with van der Waals surface area (Å²) in [4.78, 5) is 12.1. The molecule has 0 unspecified atom stereocenters.